The molecule has 2 aromatic carbocycles. The number of methoxy groups -OCH3 is 1. The topological polar surface area (TPSA) is 61.2 Å². The van der Waals surface area contributed by atoms with Crippen LogP contribution in [0.2, 0.25) is 0 Å². The lowest BCUT2D eigenvalue weighted by molar-refractivity contribution is -0.140. The number of esters is 1. The average molecular weight is 447 g/mol. The summed E-state index contributed by atoms with van der Waals surface area (Å²) in [4.78, 5) is 32.2. The highest BCUT2D eigenvalue weighted by Gasteiger charge is 2.20. The van der Waals surface area contributed by atoms with Crippen molar-refractivity contribution in [2.24, 2.45) is 0 Å². The van der Waals surface area contributed by atoms with E-state index in [-0.39, 0.29) is 17.9 Å². The number of thiophene rings is 1. The van der Waals surface area contributed by atoms with Gasteiger partial charge >= 0.3 is 5.97 Å². The zero-order valence-corrected chi connectivity index (χ0v) is 19.6. The van der Waals surface area contributed by atoms with Crippen molar-refractivity contribution in [3.63, 3.8) is 0 Å². The van der Waals surface area contributed by atoms with Crippen LogP contribution >= 0.6 is 11.3 Å². The maximum atomic E-state index is 13.8. The second kappa shape index (κ2) is 9.09. The maximum absolute atomic E-state index is 13.8. The first-order valence-electron chi connectivity index (χ1n) is 10.6. The fourth-order valence-corrected chi connectivity index (χ4v) is 4.91. The third-order valence-corrected chi connectivity index (χ3v) is 6.63. The SMILES string of the molecule is COC(=O)CCCn1c(-c2ccc(C)cc2)nc2sc(C)c(-c3ccc(C)cc3)c2c1=O. The summed E-state index contributed by atoms with van der Waals surface area (Å²) in [5.41, 5.74) is 5.09. The quantitative estimate of drug-likeness (QED) is 0.358. The van der Waals surface area contributed by atoms with Gasteiger partial charge in [-0.2, -0.15) is 0 Å². The van der Waals surface area contributed by atoms with Crippen molar-refractivity contribution in [3.05, 3.63) is 74.9 Å². The van der Waals surface area contributed by atoms with Crippen LogP contribution < -0.4 is 5.56 Å². The summed E-state index contributed by atoms with van der Waals surface area (Å²) in [6, 6.07) is 16.2. The minimum Gasteiger partial charge on any atom is -0.469 e. The lowest BCUT2D eigenvalue weighted by Gasteiger charge is -2.13. The molecule has 4 aromatic rings. The molecule has 2 aromatic heterocycles. The lowest BCUT2D eigenvalue weighted by atomic mass is 10.0. The van der Waals surface area contributed by atoms with Crippen LogP contribution in [0.15, 0.2) is 53.3 Å². The minimum absolute atomic E-state index is 0.0737. The third kappa shape index (κ3) is 4.23. The molecule has 0 atom stereocenters. The largest absolute Gasteiger partial charge is 0.469 e. The summed E-state index contributed by atoms with van der Waals surface area (Å²) in [6.45, 7) is 6.50. The number of aryl methyl sites for hydroxylation is 3. The summed E-state index contributed by atoms with van der Waals surface area (Å²) in [7, 11) is 1.38. The molecule has 0 N–H and O–H groups in total. The van der Waals surface area contributed by atoms with Crippen molar-refractivity contribution in [1.29, 1.82) is 0 Å². The Labute approximate surface area is 191 Å². The Bertz CT molecular complexity index is 1330. The first-order valence-corrected chi connectivity index (χ1v) is 11.5. The van der Waals surface area contributed by atoms with Crippen molar-refractivity contribution in [2.45, 2.75) is 40.2 Å². The van der Waals surface area contributed by atoms with Crippen molar-refractivity contribution < 1.29 is 9.53 Å². The van der Waals surface area contributed by atoms with E-state index in [2.05, 4.69) is 24.3 Å². The van der Waals surface area contributed by atoms with Gasteiger partial charge in [-0.05, 0) is 32.8 Å². The summed E-state index contributed by atoms with van der Waals surface area (Å²) in [6.07, 6.45) is 0.753. The second-order valence-corrected chi connectivity index (χ2v) is 9.22. The van der Waals surface area contributed by atoms with E-state index in [1.807, 2.05) is 45.0 Å². The fourth-order valence-electron chi connectivity index (χ4n) is 3.88. The van der Waals surface area contributed by atoms with Crippen LogP contribution in [0.25, 0.3) is 32.7 Å². The summed E-state index contributed by atoms with van der Waals surface area (Å²) >= 11 is 1.55. The number of ether oxygens (including phenoxy) is 1. The normalized spacial score (nSPS) is 11.1. The van der Waals surface area contributed by atoms with Crippen LogP contribution in [0.1, 0.15) is 28.8 Å². The number of hydrogen-bond acceptors (Lipinski definition) is 5. The predicted octanol–water partition coefficient (Wildman–Crippen LogP) is 5.67. The van der Waals surface area contributed by atoms with Crippen molar-refractivity contribution >= 4 is 27.5 Å². The minimum atomic E-state index is -0.282. The molecular weight excluding hydrogens is 420 g/mol. The summed E-state index contributed by atoms with van der Waals surface area (Å²) in [5.74, 6) is 0.347. The summed E-state index contributed by atoms with van der Waals surface area (Å²) in [5, 5.41) is 0.644. The average Bonchev–Trinajstić information content (AvgIpc) is 3.12. The Balaban J connectivity index is 1.91. The number of nitrogens with zero attached hydrogens (tertiary/aromatic N) is 2. The second-order valence-electron chi connectivity index (χ2n) is 8.02. The molecule has 32 heavy (non-hydrogen) atoms. The van der Waals surface area contributed by atoms with Crippen LogP contribution in [0, 0.1) is 20.8 Å². The molecule has 0 aliphatic rings. The van der Waals surface area contributed by atoms with E-state index in [0.29, 0.717) is 24.2 Å². The number of fused-ring (bicyclic) bond motifs is 1. The monoisotopic (exact) mass is 446 g/mol. The number of carbonyl (C=O) groups excluding carboxylic acids is 1. The van der Waals surface area contributed by atoms with Crippen LogP contribution in [0.5, 0.6) is 0 Å². The molecule has 4 rings (SSSR count). The lowest BCUT2D eigenvalue weighted by Crippen LogP contribution is -2.24. The summed E-state index contributed by atoms with van der Waals surface area (Å²) < 4.78 is 6.47. The molecule has 0 saturated heterocycles. The first kappa shape index (κ1) is 22.0. The number of rotatable bonds is 6. The molecule has 0 amide bonds. The Morgan fingerprint density at radius 2 is 1.56 bits per heavy atom. The van der Waals surface area contributed by atoms with E-state index in [4.69, 9.17) is 9.72 Å². The van der Waals surface area contributed by atoms with Gasteiger partial charge in [0.05, 0.1) is 12.5 Å². The zero-order valence-electron chi connectivity index (χ0n) is 18.8. The molecule has 0 aliphatic heterocycles. The molecule has 0 aliphatic carbocycles. The third-order valence-electron chi connectivity index (χ3n) is 5.63. The smallest absolute Gasteiger partial charge is 0.305 e. The number of hydrogen-bond donors (Lipinski definition) is 0. The molecular formula is C26H26N2O3S. The molecule has 0 radical (unpaired) electrons. The van der Waals surface area contributed by atoms with Gasteiger partial charge in [-0.25, -0.2) is 4.98 Å². The van der Waals surface area contributed by atoms with Gasteiger partial charge in [-0.3, -0.25) is 14.2 Å². The van der Waals surface area contributed by atoms with E-state index >= 15 is 0 Å². The van der Waals surface area contributed by atoms with Crippen LogP contribution in [0.3, 0.4) is 0 Å². The number of benzene rings is 2. The van der Waals surface area contributed by atoms with Gasteiger partial charge < -0.3 is 4.74 Å². The molecule has 164 valence electrons. The van der Waals surface area contributed by atoms with Gasteiger partial charge in [0.1, 0.15) is 10.7 Å². The maximum Gasteiger partial charge on any atom is 0.305 e. The van der Waals surface area contributed by atoms with Crippen molar-refractivity contribution in [3.8, 4) is 22.5 Å². The van der Waals surface area contributed by atoms with E-state index < -0.39 is 0 Å². The molecule has 5 nitrogen and oxygen atoms in total. The van der Waals surface area contributed by atoms with E-state index in [1.54, 1.807) is 15.9 Å². The van der Waals surface area contributed by atoms with Crippen molar-refractivity contribution in [1.82, 2.24) is 9.55 Å². The molecule has 2 heterocycles. The zero-order chi connectivity index (χ0) is 22.8. The van der Waals surface area contributed by atoms with Gasteiger partial charge in [-0.15, -0.1) is 11.3 Å². The fraction of sp³-hybridized carbons (Fsp3) is 0.269. The highest BCUT2D eigenvalue weighted by Crippen LogP contribution is 2.36. The standard InChI is InChI=1S/C26H26N2O3S/c1-16-7-11-19(12-8-16)22-18(3)32-25-23(22)26(30)28(15-5-6-21(29)31-4)24(27-25)20-13-9-17(2)10-14-20/h7-14H,5-6,15H2,1-4H3. The highest BCUT2D eigenvalue weighted by molar-refractivity contribution is 7.19. The van der Waals surface area contributed by atoms with E-state index in [1.165, 1.54) is 12.7 Å². The number of carbonyl (C=O) groups is 1. The van der Waals surface area contributed by atoms with Gasteiger partial charge in [0.25, 0.3) is 5.56 Å². The Morgan fingerprint density at radius 1 is 0.969 bits per heavy atom. The first-order chi connectivity index (χ1) is 15.4. The van der Waals surface area contributed by atoms with Crippen LogP contribution in [0.4, 0.5) is 0 Å². The Morgan fingerprint density at radius 3 is 2.16 bits per heavy atom. The predicted molar refractivity (Wildman–Crippen MR) is 130 cm³/mol. The number of aromatic nitrogens is 2. The van der Waals surface area contributed by atoms with Crippen LogP contribution in [-0.4, -0.2) is 22.6 Å². The van der Waals surface area contributed by atoms with Gasteiger partial charge in [0.15, 0.2) is 0 Å². The highest BCUT2D eigenvalue weighted by atomic mass is 32.1. The molecule has 0 bridgehead atoms. The Kier molecular flexibility index (Phi) is 6.24. The van der Waals surface area contributed by atoms with Crippen LogP contribution in [-0.2, 0) is 16.1 Å². The van der Waals surface area contributed by atoms with Gasteiger partial charge in [0, 0.05) is 29.0 Å². The van der Waals surface area contributed by atoms with E-state index in [0.717, 1.165) is 32.0 Å². The van der Waals surface area contributed by atoms with Crippen molar-refractivity contribution in [2.75, 3.05) is 7.11 Å². The van der Waals surface area contributed by atoms with Gasteiger partial charge in [0.2, 0.25) is 0 Å². The molecule has 0 fully saturated rings. The molecule has 0 spiro atoms. The molecule has 0 unspecified atom stereocenters. The Hall–Kier alpha value is -3.25. The van der Waals surface area contributed by atoms with Gasteiger partial charge in [-0.1, -0.05) is 59.7 Å². The van der Waals surface area contributed by atoms with E-state index in [9.17, 15) is 9.59 Å². The molecule has 0 saturated carbocycles. The molecule has 6 heteroatoms.